The molecule has 0 unspecified atom stereocenters. The average Bonchev–Trinajstić information content (AvgIpc) is 2.70. The molecule has 0 aromatic heterocycles. The third-order valence-corrected chi connectivity index (χ3v) is 6.82. The molecule has 4 heteroatoms. The lowest BCUT2D eigenvalue weighted by Crippen LogP contribution is -2.53. The molecule has 1 saturated heterocycles. The van der Waals surface area contributed by atoms with Crippen LogP contribution in [0, 0.1) is 0 Å². The molecule has 1 heterocycles. The fourth-order valence-electron chi connectivity index (χ4n) is 5.03. The normalized spacial score (nSPS) is 22.0. The van der Waals surface area contributed by atoms with E-state index >= 15 is 0 Å². The molecule has 2 aromatic rings. The first-order valence-corrected chi connectivity index (χ1v) is 10.3. The van der Waals surface area contributed by atoms with Crippen LogP contribution in [0.15, 0.2) is 54.6 Å². The number of rotatable bonds is 3. The molecule has 0 bridgehead atoms. The molecule has 2 nitrogen and oxygen atoms in total. The zero-order valence-corrected chi connectivity index (χ0v) is 17.3. The van der Waals surface area contributed by atoms with Gasteiger partial charge in [0.05, 0.1) is 5.60 Å². The molecule has 1 N–H and O–H groups in total. The predicted molar refractivity (Wildman–Crippen MR) is 115 cm³/mol. The van der Waals surface area contributed by atoms with Gasteiger partial charge in [0.25, 0.3) is 0 Å². The number of nitrogens with zero attached hydrogens (tertiary/aromatic N) is 1. The lowest BCUT2D eigenvalue weighted by atomic mass is 9.73. The fraction of sp³-hybridized carbons (Fsp3) is 0.478. The topological polar surface area (TPSA) is 23.5 Å². The number of likely N-dealkylation sites (tertiary alicyclic amines) is 1. The highest BCUT2D eigenvalue weighted by atomic mass is 35.5. The number of benzene rings is 2. The van der Waals surface area contributed by atoms with Gasteiger partial charge < -0.3 is 5.11 Å². The summed E-state index contributed by atoms with van der Waals surface area (Å²) in [5.74, 6) is 0. The maximum absolute atomic E-state index is 11.2. The molecule has 2 aliphatic rings. The molecule has 0 radical (unpaired) electrons. The molecule has 2 fully saturated rings. The van der Waals surface area contributed by atoms with Gasteiger partial charge in [0.15, 0.2) is 0 Å². The second-order valence-electron chi connectivity index (χ2n) is 7.98. The van der Waals surface area contributed by atoms with Crippen LogP contribution in [0.25, 0.3) is 0 Å². The minimum Gasteiger partial charge on any atom is -0.385 e. The van der Waals surface area contributed by atoms with Gasteiger partial charge in [-0.25, -0.2) is 0 Å². The Morgan fingerprint density at radius 1 is 0.741 bits per heavy atom. The van der Waals surface area contributed by atoms with Crippen molar-refractivity contribution in [3.8, 4) is 0 Å². The summed E-state index contributed by atoms with van der Waals surface area (Å²) in [6.45, 7) is 1.88. The van der Waals surface area contributed by atoms with Crippen LogP contribution < -0.4 is 0 Å². The molecular weight excluding hydrogens is 377 g/mol. The molecule has 2 aromatic carbocycles. The van der Waals surface area contributed by atoms with Crippen molar-refractivity contribution in [2.75, 3.05) is 13.1 Å². The summed E-state index contributed by atoms with van der Waals surface area (Å²) in [5, 5.41) is 12.0. The predicted octanol–water partition coefficient (Wildman–Crippen LogP) is 5.90. The smallest absolute Gasteiger partial charge is 0.0920 e. The first-order valence-electron chi connectivity index (χ1n) is 9.91. The van der Waals surface area contributed by atoms with Gasteiger partial charge in [-0.3, -0.25) is 4.90 Å². The van der Waals surface area contributed by atoms with Gasteiger partial charge in [-0.15, -0.1) is 12.4 Å². The van der Waals surface area contributed by atoms with Crippen LogP contribution in [-0.4, -0.2) is 23.1 Å². The molecule has 1 saturated carbocycles. The lowest BCUT2D eigenvalue weighted by molar-refractivity contribution is -0.0668. The monoisotopic (exact) mass is 405 g/mol. The highest BCUT2D eigenvalue weighted by molar-refractivity contribution is 6.30. The third-order valence-electron chi connectivity index (χ3n) is 6.57. The maximum Gasteiger partial charge on any atom is 0.0920 e. The summed E-state index contributed by atoms with van der Waals surface area (Å²) in [7, 11) is 0. The van der Waals surface area contributed by atoms with E-state index in [1.54, 1.807) is 0 Å². The molecule has 4 rings (SSSR count). The van der Waals surface area contributed by atoms with E-state index in [-0.39, 0.29) is 17.9 Å². The van der Waals surface area contributed by atoms with E-state index in [9.17, 15) is 5.11 Å². The summed E-state index contributed by atoms with van der Waals surface area (Å²) >= 11 is 6.02. The Kier molecular flexibility index (Phi) is 6.53. The van der Waals surface area contributed by atoms with Crippen LogP contribution in [0.3, 0.4) is 0 Å². The Morgan fingerprint density at radius 3 is 1.93 bits per heavy atom. The molecule has 27 heavy (non-hydrogen) atoms. The highest BCUT2D eigenvalue weighted by Gasteiger charge is 2.44. The molecule has 146 valence electrons. The number of hydrogen-bond donors (Lipinski definition) is 1. The largest absolute Gasteiger partial charge is 0.385 e. The van der Waals surface area contributed by atoms with Gasteiger partial charge in [-0.2, -0.15) is 0 Å². The van der Waals surface area contributed by atoms with Gasteiger partial charge in [-0.1, -0.05) is 73.3 Å². The minimum atomic E-state index is -0.729. The van der Waals surface area contributed by atoms with E-state index in [2.05, 4.69) is 35.2 Å². The fourth-order valence-corrected chi connectivity index (χ4v) is 5.15. The molecule has 0 spiro atoms. The van der Waals surface area contributed by atoms with Crippen LogP contribution in [0.2, 0.25) is 5.02 Å². The van der Waals surface area contributed by atoms with Gasteiger partial charge in [-0.05, 0) is 48.9 Å². The summed E-state index contributed by atoms with van der Waals surface area (Å²) < 4.78 is 0. The van der Waals surface area contributed by atoms with Crippen molar-refractivity contribution in [1.29, 1.82) is 0 Å². The van der Waals surface area contributed by atoms with E-state index in [0.717, 1.165) is 36.5 Å². The van der Waals surface area contributed by atoms with Crippen LogP contribution in [-0.2, 0) is 11.1 Å². The summed E-state index contributed by atoms with van der Waals surface area (Å²) in [5.41, 5.74) is 1.88. The quantitative estimate of drug-likeness (QED) is 0.686. The zero-order valence-electron chi connectivity index (χ0n) is 15.7. The molecular formula is C23H29Cl2NO. The van der Waals surface area contributed by atoms with Crippen LogP contribution in [0.5, 0.6) is 0 Å². The summed E-state index contributed by atoms with van der Waals surface area (Å²) in [4.78, 5) is 2.66. The van der Waals surface area contributed by atoms with E-state index < -0.39 is 5.60 Å². The molecule has 0 amide bonds. The van der Waals surface area contributed by atoms with Crippen molar-refractivity contribution < 1.29 is 5.11 Å². The van der Waals surface area contributed by atoms with Crippen molar-refractivity contribution in [3.05, 3.63) is 70.7 Å². The van der Waals surface area contributed by atoms with Crippen molar-refractivity contribution in [2.45, 2.75) is 56.1 Å². The molecule has 1 aliphatic carbocycles. The first kappa shape index (κ1) is 20.7. The van der Waals surface area contributed by atoms with E-state index in [0.29, 0.717) is 0 Å². The van der Waals surface area contributed by atoms with Crippen LogP contribution in [0.4, 0.5) is 0 Å². The van der Waals surface area contributed by atoms with Gasteiger partial charge in [0, 0.05) is 23.7 Å². The lowest BCUT2D eigenvalue weighted by Gasteiger charge is -2.51. The number of piperidine rings is 1. The zero-order chi connectivity index (χ0) is 18.0. The highest BCUT2D eigenvalue weighted by Crippen LogP contribution is 2.45. The number of aliphatic hydroxyl groups is 1. The number of hydrogen-bond acceptors (Lipinski definition) is 2. The van der Waals surface area contributed by atoms with Crippen molar-refractivity contribution in [2.24, 2.45) is 0 Å². The summed E-state index contributed by atoms with van der Waals surface area (Å²) in [6, 6.07) is 18.8. The first-order chi connectivity index (χ1) is 12.6. The standard InChI is InChI=1S/C23H28ClNO.ClH/c24-21-11-9-20(10-12-21)23(26)15-17-25(18-16-23)22(13-5-2-6-14-22)19-7-3-1-4-8-19;/h1,3-4,7-12,26H,2,5-6,13-18H2;1H. The Morgan fingerprint density at radius 2 is 1.33 bits per heavy atom. The average molecular weight is 406 g/mol. The van der Waals surface area contributed by atoms with Crippen LogP contribution in [0.1, 0.15) is 56.1 Å². The molecule has 0 atom stereocenters. The van der Waals surface area contributed by atoms with Crippen molar-refractivity contribution >= 4 is 24.0 Å². The Bertz CT molecular complexity index is 718. The van der Waals surface area contributed by atoms with Gasteiger partial charge >= 0.3 is 0 Å². The van der Waals surface area contributed by atoms with E-state index in [1.807, 2.05) is 24.3 Å². The van der Waals surface area contributed by atoms with Crippen molar-refractivity contribution in [3.63, 3.8) is 0 Å². The van der Waals surface area contributed by atoms with Gasteiger partial charge in [0.1, 0.15) is 0 Å². The Labute approximate surface area is 174 Å². The summed E-state index contributed by atoms with van der Waals surface area (Å²) in [6.07, 6.45) is 7.97. The van der Waals surface area contributed by atoms with E-state index in [4.69, 9.17) is 11.6 Å². The van der Waals surface area contributed by atoms with Crippen LogP contribution >= 0.6 is 24.0 Å². The van der Waals surface area contributed by atoms with Gasteiger partial charge in [0.2, 0.25) is 0 Å². The minimum absolute atomic E-state index is 0. The maximum atomic E-state index is 11.2. The second-order valence-corrected chi connectivity index (χ2v) is 8.42. The molecule has 1 aliphatic heterocycles. The Balaban J connectivity index is 0.00000210. The number of halogens is 2. The Hall–Kier alpha value is -1.06. The third kappa shape index (κ3) is 4.05. The van der Waals surface area contributed by atoms with E-state index in [1.165, 1.54) is 37.7 Å². The van der Waals surface area contributed by atoms with Crippen molar-refractivity contribution in [1.82, 2.24) is 4.90 Å². The second kappa shape index (κ2) is 8.53. The SMILES string of the molecule is Cl.OC1(c2ccc(Cl)cc2)CCN(C2(c3ccccc3)CCCCC2)CC1.